The highest BCUT2D eigenvalue weighted by Crippen LogP contribution is 2.77. The number of hydrogen-bond donors (Lipinski definition) is 2. The van der Waals surface area contributed by atoms with Gasteiger partial charge in [0, 0.05) is 12.1 Å². The van der Waals surface area contributed by atoms with Crippen LogP contribution in [-0.2, 0) is 4.79 Å². The molecule has 0 unspecified atom stereocenters. The Balaban J connectivity index is 1.34. The molecule has 234 valence electrons. The van der Waals surface area contributed by atoms with Crippen molar-refractivity contribution >= 4 is 17.7 Å². The van der Waals surface area contributed by atoms with E-state index in [0.29, 0.717) is 24.2 Å². The van der Waals surface area contributed by atoms with Gasteiger partial charge >= 0.3 is 5.97 Å². The highest BCUT2D eigenvalue weighted by molar-refractivity contribution is 5.76. The van der Waals surface area contributed by atoms with Crippen LogP contribution in [0.15, 0.2) is 42.5 Å². The molecule has 0 saturated heterocycles. The molecule has 2 N–H and O–H groups in total. The summed E-state index contributed by atoms with van der Waals surface area (Å²) < 4.78 is 0. The summed E-state index contributed by atoms with van der Waals surface area (Å²) >= 11 is 0. The number of hydrogen-bond acceptors (Lipinski definition) is 4. The summed E-state index contributed by atoms with van der Waals surface area (Å²) in [5.41, 5.74) is 1.32. The van der Waals surface area contributed by atoms with Crippen molar-refractivity contribution in [2.45, 2.75) is 105 Å². The second kappa shape index (κ2) is 10.0. The molecule has 0 bridgehead atoms. The van der Waals surface area contributed by atoms with E-state index in [4.69, 9.17) is 0 Å². The maximum absolute atomic E-state index is 13.2. The number of nitrogens with zero attached hydrogens (tertiary/aromatic N) is 1. The van der Waals surface area contributed by atoms with E-state index < -0.39 is 11.4 Å². The van der Waals surface area contributed by atoms with Crippen LogP contribution in [0.4, 0.5) is 5.69 Å². The number of benzene rings is 1. The molecular formula is C37H51NO5. The lowest BCUT2D eigenvalue weighted by atomic mass is 9.32. The lowest BCUT2D eigenvalue weighted by molar-refractivity contribution is -0.384. The van der Waals surface area contributed by atoms with Gasteiger partial charge in [-0.3, -0.25) is 14.9 Å². The Bertz CT molecular complexity index is 1370. The Morgan fingerprint density at radius 1 is 0.953 bits per heavy atom. The number of non-ortho nitro benzene ring substituents is 1. The first-order valence-corrected chi connectivity index (χ1v) is 16.6. The van der Waals surface area contributed by atoms with E-state index in [1.165, 1.54) is 6.07 Å². The number of fused-ring (bicyclic) bond motifs is 7. The van der Waals surface area contributed by atoms with Crippen LogP contribution < -0.4 is 0 Å². The number of aliphatic carboxylic acids is 1. The van der Waals surface area contributed by atoms with Crippen molar-refractivity contribution in [3.05, 3.63) is 58.2 Å². The van der Waals surface area contributed by atoms with Crippen LogP contribution in [-0.4, -0.2) is 27.2 Å². The van der Waals surface area contributed by atoms with Gasteiger partial charge in [0.2, 0.25) is 0 Å². The Kier molecular flexibility index (Phi) is 7.12. The molecule has 5 fully saturated rings. The van der Waals surface area contributed by atoms with Crippen LogP contribution in [0.5, 0.6) is 0 Å². The standard InChI is InChI=1S/C37H51NO5/c1-23(10-11-24-8-7-9-25(22-24)38(42)43)26-14-19-37(32(40)41)21-20-35(5)27(31(26)37)12-13-29-34(4)17-16-30(39)33(2,3)28(34)15-18-36(29,35)6/h7-11,22,26-31,39H,1,12-21H2,2-6H3,(H,40,41)/b11-10+/t26-,27+,28-,29+,30-,31+,34-,35+,36+,37-/m0/s1. The SMILES string of the molecule is C=C(/C=C/c1cccc([N+](=O)[O-])c1)[C@@H]1CC[C@]2(C(=O)O)CC[C@]3(C)[C@H](CC[C@@H]4[C@@]5(C)CC[C@H](O)C(C)(C)[C@@H]5CC[C@]43C)[C@@H]12. The van der Waals surface area contributed by atoms with Crippen molar-refractivity contribution in [3.63, 3.8) is 0 Å². The van der Waals surface area contributed by atoms with Gasteiger partial charge in [-0.05, 0) is 121 Å². The fourth-order valence-corrected chi connectivity index (χ4v) is 12.4. The summed E-state index contributed by atoms with van der Waals surface area (Å²) in [5, 5.41) is 33.1. The maximum Gasteiger partial charge on any atom is 0.309 e. The molecule has 0 aromatic heterocycles. The third-order valence-corrected chi connectivity index (χ3v) is 14.9. The topological polar surface area (TPSA) is 101 Å². The number of rotatable bonds is 5. The van der Waals surface area contributed by atoms with E-state index in [9.17, 15) is 25.1 Å². The molecule has 0 amide bonds. The zero-order valence-corrected chi connectivity index (χ0v) is 26.8. The number of aliphatic hydroxyl groups excluding tert-OH is 1. The van der Waals surface area contributed by atoms with Gasteiger partial charge in [-0.25, -0.2) is 0 Å². The van der Waals surface area contributed by atoms with Gasteiger partial charge < -0.3 is 10.2 Å². The minimum atomic E-state index is -0.710. The minimum Gasteiger partial charge on any atom is -0.481 e. The fraction of sp³-hybridized carbons (Fsp3) is 0.703. The molecule has 5 saturated carbocycles. The molecule has 43 heavy (non-hydrogen) atoms. The third kappa shape index (κ3) is 4.17. The quantitative estimate of drug-likeness (QED) is 0.203. The molecule has 1 aromatic carbocycles. The van der Waals surface area contributed by atoms with Crippen molar-refractivity contribution in [2.75, 3.05) is 0 Å². The summed E-state index contributed by atoms with van der Waals surface area (Å²) in [6, 6.07) is 6.62. The van der Waals surface area contributed by atoms with Crippen LogP contribution in [0.2, 0.25) is 0 Å². The summed E-state index contributed by atoms with van der Waals surface area (Å²) in [7, 11) is 0. The average molecular weight is 590 g/mol. The first-order chi connectivity index (χ1) is 20.1. The predicted molar refractivity (Wildman–Crippen MR) is 169 cm³/mol. The van der Waals surface area contributed by atoms with Crippen molar-refractivity contribution in [1.82, 2.24) is 0 Å². The van der Waals surface area contributed by atoms with Gasteiger partial charge in [0.15, 0.2) is 0 Å². The second-order valence-electron chi connectivity index (χ2n) is 16.4. The smallest absolute Gasteiger partial charge is 0.309 e. The number of allylic oxidation sites excluding steroid dienone is 2. The highest BCUT2D eigenvalue weighted by Gasteiger charge is 2.72. The molecule has 6 rings (SSSR count). The average Bonchev–Trinajstić information content (AvgIpc) is 3.36. The van der Waals surface area contributed by atoms with Crippen LogP contribution >= 0.6 is 0 Å². The maximum atomic E-state index is 13.2. The lowest BCUT2D eigenvalue weighted by Gasteiger charge is -2.72. The van der Waals surface area contributed by atoms with E-state index in [1.54, 1.807) is 12.1 Å². The van der Waals surface area contributed by atoms with Crippen molar-refractivity contribution in [3.8, 4) is 0 Å². The molecule has 1 aromatic rings. The lowest BCUT2D eigenvalue weighted by Crippen LogP contribution is -2.67. The van der Waals surface area contributed by atoms with Gasteiger partial charge in [0.1, 0.15) is 0 Å². The molecule has 0 aliphatic heterocycles. The van der Waals surface area contributed by atoms with Crippen LogP contribution in [0.3, 0.4) is 0 Å². The predicted octanol–water partition coefficient (Wildman–Crippen LogP) is 8.69. The molecule has 10 atom stereocenters. The normalized spacial score (nSPS) is 45.0. The molecule has 6 nitrogen and oxygen atoms in total. The molecule has 0 spiro atoms. The van der Waals surface area contributed by atoms with Crippen molar-refractivity contribution in [2.24, 2.45) is 56.7 Å². The van der Waals surface area contributed by atoms with Gasteiger partial charge in [0.05, 0.1) is 16.4 Å². The van der Waals surface area contributed by atoms with E-state index in [0.717, 1.165) is 68.9 Å². The van der Waals surface area contributed by atoms with Crippen molar-refractivity contribution < 1.29 is 19.9 Å². The monoisotopic (exact) mass is 589 g/mol. The molecule has 6 heteroatoms. The number of aliphatic hydroxyl groups is 1. The first kappa shape index (κ1) is 30.6. The van der Waals surface area contributed by atoms with Crippen LogP contribution in [0, 0.1) is 66.8 Å². The van der Waals surface area contributed by atoms with E-state index in [2.05, 4.69) is 41.2 Å². The molecule has 5 aliphatic carbocycles. The van der Waals surface area contributed by atoms with Gasteiger partial charge in [-0.15, -0.1) is 0 Å². The van der Waals surface area contributed by atoms with Crippen LogP contribution in [0.1, 0.15) is 104 Å². The summed E-state index contributed by atoms with van der Waals surface area (Å²) in [6.07, 6.45) is 13.3. The minimum absolute atomic E-state index is 0.0407. The molecular weight excluding hydrogens is 538 g/mol. The fourth-order valence-electron chi connectivity index (χ4n) is 12.4. The number of carbonyl (C=O) groups is 1. The van der Waals surface area contributed by atoms with E-state index in [-0.39, 0.29) is 50.2 Å². The number of nitro benzene ring substituents is 1. The highest BCUT2D eigenvalue weighted by atomic mass is 16.6. The van der Waals surface area contributed by atoms with Gasteiger partial charge in [-0.1, -0.05) is 71.1 Å². The van der Waals surface area contributed by atoms with Gasteiger partial charge in [0.25, 0.3) is 5.69 Å². The van der Waals surface area contributed by atoms with Gasteiger partial charge in [-0.2, -0.15) is 0 Å². The summed E-state index contributed by atoms with van der Waals surface area (Å²) in [4.78, 5) is 24.1. The van der Waals surface area contributed by atoms with E-state index >= 15 is 0 Å². The number of carboxylic acid groups (broad SMARTS) is 1. The third-order valence-electron chi connectivity index (χ3n) is 14.9. The Labute approximate surface area is 257 Å². The first-order valence-electron chi connectivity index (χ1n) is 16.6. The second-order valence-corrected chi connectivity index (χ2v) is 16.4. The molecule has 0 heterocycles. The molecule has 5 aliphatic rings. The van der Waals surface area contributed by atoms with Crippen LogP contribution in [0.25, 0.3) is 6.08 Å². The largest absolute Gasteiger partial charge is 0.481 e. The Morgan fingerprint density at radius 2 is 1.70 bits per heavy atom. The zero-order chi connectivity index (χ0) is 31.2. The number of nitro groups is 1. The number of carboxylic acids is 1. The summed E-state index contributed by atoms with van der Waals surface area (Å²) in [5.74, 6) is 0.882. The van der Waals surface area contributed by atoms with Crippen molar-refractivity contribution in [1.29, 1.82) is 0 Å². The Hall–Kier alpha value is -2.47. The zero-order valence-electron chi connectivity index (χ0n) is 26.8. The van der Waals surface area contributed by atoms with E-state index in [1.807, 2.05) is 18.2 Å². The summed E-state index contributed by atoms with van der Waals surface area (Å²) in [6.45, 7) is 16.7. The molecule has 0 radical (unpaired) electrons. The Morgan fingerprint density at radius 3 is 2.40 bits per heavy atom.